The Hall–Kier alpha value is -3.48. The first kappa shape index (κ1) is 16.7. The van der Waals surface area contributed by atoms with Gasteiger partial charge in [-0.3, -0.25) is 9.69 Å². The standard InChI is InChI=1S/C21H17FN4O2/c22-17-9-14(5-6-18(17)25-8-7-23-13-25)12-26-19(27)21(24-20(26)28)10-15-3-1-2-4-16(15)11-21/h1-9,13H,10-12H2,(H,24,28). The topological polar surface area (TPSA) is 67.2 Å². The number of carbonyl (C=O) groups is 2. The first-order chi connectivity index (χ1) is 13.6. The van der Waals surface area contributed by atoms with Gasteiger partial charge in [0.2, 0.25) is 0 Å². The summed E-state index contributed by atoms with van der Waals surface area (Å²) in [4.78, 5) is 30.7. The Morgan fingerprint density at radius 2 is 1.86 bits per heavy atom. The average molecular weight is 376 g/mol. The van der Waals surface area contributed by atoms with Gasteiger partial charge in [0.25, 0.3) is 5.91 Å². The average Bonchev–Trinajstić information content (AvgIpc) is 3.37. The van der Waals surface area contributed by atoms with E-state index in [-0.39, 0.29) is 12.5 Å². The molecule has 0 bridgehead atoms. The highest BCUT2D eigenvalue weighted by Gasteiger charge is 2.53. The van der Waals surface area contributed by atoms with Crippen LogP contribution in [0.3, 0.4) is 0 Å². The van der Waals surface area contributed by atoms with E-state index in [1.807, 2.05) is 24.3 Å². The minimum Gasteiger partial charge on any atom is -0.322 e. The van der Waals surface area contributed by atoms with E-state index in [0.29, 0.717) is 24.1 Å². The monoisotopic (exact) mass is 376 g/mol. The fourth-order valence-electron chi connectivity index (χ4n) is 4.12. The Balaban J connectivity index is 1.39. The molecule has 1 spiro atoms. The Morgan fingerprint density at radius 3 is 2.50 bits per heavy atom. The van der Waals surface area contributed by atoms with Crippen molar-refractivity contribution in [1.82, 2.24) is 19.8 Å². The number of urea groups is 1. The smallest absolute Gasteiger partial charge is 0.322 e. The van der Waals surface area contributed by atoms with Gasteiger partial charge in [0, 0.05) is 25.2 Å². The minimum atomic E-state index is -0.921. The number of nitrogens with one attached hydrogen (secondary N) is 1. The van der Waals surface area contributed by atoms with Gasteiger partial charge < -0.3 is 9.88 Å². The second-order valence-electron chi connectivity index (χ2n) is 7.28. The number of aromatic nitrogens is 2. The maximum atomic E-state index is 14.5. The first-order valence-electron chi connectivity index (χ1n) is 9.03. The summed E-state index contributed by atoms with van der Waals surface area (Å²) in [5, 5.41) is 2.88. The third kappa shape index (κ3) is 2.51. The molecule has 6 nitrogen and oxygen atoms in total. The van der Waals surface area contributed by atoms with Gasteiger partial charge in [-0.1, -0.05) is 30.3 Å². The second kappa shape index (κ2) is 6.02. The van der Waals surface area contributed by atoms with Gasteiger partial charge in [-0.05, 0) is 28.8 Å². The Bertz CT molecular complexity index is 1070. The quantitative estimate of drug-likeness (QED) is 0.715. The van der Waals surface area contributed by atoms with Crippen molar-refractivity contribution in [3.63, 3.8) is 0 Å². The summed E-state index contributed by atoms with van der Waals surface area (Å²) >= 11 is 0. The molecule has 0 saturated carbocycles. The molecule has 0 radical (unpaired) electrons. The number of hydrogen-bond donors (Lipinski definition) is 1. The van der Waals surface area contributed by atoms with Crippen LogP contribution < -0.4 is 5.32 Å². The molecule has 3 aromatic rings. The molecule has 1 aliphatic carbocycles. The normalized spacial score (nSPS) is 17.2. The van der Waals surface area contributed by atoms with Crippen molar-refractivity contribution in [2.45, 2.75) is 24.9 Å². The molecule has 28 heavy (non-hydrogen) atoms. The van der Waals surface area contributed by atoms with Crippen LogP contribution >= 0.6 is 0 Å². The minimum absolute atomic E-state index is 0.0316. The fraction of sp³-hybridized carbons (Fsp3) is 0.190. The highest BCUT2D eigenvalue weighted by atomic mass is 19.1. The van der Waals surface area contributed by atoms with Crippen molar-refractivity contribution in [1.29, 1.82) is 0 Å². The van der Waals surface area contributed by atoms with Crippen molar-refractivity contribution in [3.05, 3.63) is 83.7 Å². The molecular formula is C21H17FN4O2. The molecule has 3 amide bonds. The number of halogens is 1. The van der Waals surface area contributed by atoms with Crippen molar-refractivity contribution in [3.8, 4) is 5.69 Å². The second-order valence-corrected chi connectivity index (χ2v) is 7.28. The van der Waals surface area contributed by atoms with E-state index < -0.39 is 17.4 Å². The number of carbonyl (C=O) groups excluding carboxylic acids is 2. The fourth-order valence-corrected chi connectivity index (χ4v) is 4.12. The number of hydrogen-bond acceptors (Lipinski definition) is 3. The van der Waals surface area contributed by atoms with E-state index in [1.165, 1.54) is 17.3 Å². The molecule has 2 aromatic carbocycles. The van der Waals surface area contributed by atoms with Gasteiger partial charge in [0.15, 0.2) is 0 Å². The predicted molar refractivity (Wildman–Crippen MR) is 99.2 cm³/mol. The first-order valence-corrected chi connectivity index (χ1v) is 9.03. The van der Waals surface area contributed by atoms with E-state index in [2.05, 4.69) is 10.3 Å². The Labute approximate surface area is 160 Å². The molecule has 2 heterocycles. The van der Waals surface area contributed by atoms with E-state index in [4.69, 9.17) is 0 Å². The number of rotatable bonds is 3. The maximum Gasteiger partial charge on any atom is 0.325 e. The summed E-state index contributed by atoms with van der Waals surface area (Å²) in [6.45, 7) is 0.0316. The molecule has 2 aliphatic rings. The van der Waals surface area contributed by atoms with Gasteiger partial charge >= 0.3 is 6.03 Å². The van der Waals surface area contributed by atoms with Gasteiger partial charge in [0.1, 0.15) is 11.4 Å². The Morgan fingerprint density at radius 1 is 1.11 bits per heavy atom. The van der Waals surface area contributed by atoms with Crippen LogP contribution in [0.15, 0.2) is 61.2 Å². The van der Waals surface area contributed by atoms with Crippen LogP contribution in [0.2, 0.25) is 0 Å². The number of fused-ring (bicyclic) bond motifs is 1. The van der Waals surface area contributed by atoms with Crippen molar-refractivity contribution < 1.29 is 14.0 Å². The molecule has 7 heteroatoms. The summed E-state index contributed by atoms with van der Waals surface area (Å²) in [5.74, 6) is -0.696. The van der Waals surface area contributed by atoms with Crippen LogP contribution in [0.1, 0.15) is 16.7 Å². The van der Waals surface area contributed by atoms with Crippen LogP contribution in [0, 0.1) is 5.82 Å². The van der Waals surface area contributed by atoms with Crippen molar-refractivity contribution >= 4 is 11.9 Å². The zero-order valence-corrected chi connectivity index (χ0v) is 14.9. The largest absolute Gasteiger partial charge is 0.325 e. The molecule has 140 valence electrons. The lowest BCUT2D eigenvalue weighted by atomic mass is 9.96. The molecule has 1 aliphatic heterocycles. The third-order valence-corrected chi connectivity index (χ3v) is 5.48. The van der Waals surface area contributed by atoms with Gasteiger partial charge in [0.05, 0.1) is 18.6 Å². The molecule has 1 saturated heterocycles. The summed E-state index contributed by atoms with van der Waals surface area (Å²) in [6, 6.07) is 12.1. The molecular weight excluding hydrogens is 359 g/mol. The van der Waals surface area contributed by atoms with Gasteiger partial charge in [-0.2, -0.15) is 0 Å². The SMILES string of the molecule is O=C1NC2(Cc3ccccc3C2)C(=O)N1Cc1ccc(-n2ccnc2)c(F)c1. The number of amides is 3. The molecule has 0 unspecified atom stereocenters. The highest BCUT2D eigenvalue weighted by molar-refractivity contribution is 6.07. The molecule has 0 atom stereocenters. The predicted octanol–water partition coefficient (Wildman–Crippen LogP) is 2.60. The lowest BCUT2D eigenvalue weighted by Crippen LogP contribution is -2.47. The molecule has 1 N–H and O–H groups in total. The summed E-state index contributed by atoms with van der Waals surface area (Å²) in [6.07, 6.45) is 5.70. The lowest BCUT2D eigenvalue weighted by molar-refractivity contribution is -0.131. The van der Waals surface area contributed by atoms with Crippen LogP contribution in [0.5, 0.6) is 0 Å². The summed E-state index contributed by atoms with van der Waals surface area (Å²) in [7, 11) is 0. The van der Waals surface area contributed by atoms with Gasteiger partial charge in [-0.15, -0.1) is 0 Å². The van der Waals surface area contributed by atoms with Gasteiger partial charge in [-0.25, -0.2) is 14.2 Å². The summed E-state index contributed by atoms with van der Waals surface area (Å²) in [5.41, 5.74) is 2.15. The molecule has 1 aromatic heterocycles. The number of nitrogens with zero attached hydrogens (tertiary/aromatic N) is 3. The van der Waals surface area contributed by atoms with Crippen LogP contribution in [0.25, 0.3) is 5.69 Å². The van der Waals surface area contributed by atoms with Crippen LogP contribution in [-0.4, -0.2) is 31.9 Å². The molecule has 5 rings (SSSR count). The van der Waals surface area contributed by atoms with E-state index in [9.17, 15) is 14.0 Å². The zero-order valence-electron chi connectivity index (χ0n) is 14.9. The Kier molecular flexibility index (Phi) is 3.58. The van der Waals surface area contributed by atoms with Crippen LogP contribution in [0.4, 0.5) is 9.18 Å². The highest BCUT2D eigenvalue weighted by Crippen LogP contribution is 2.35. The zero-order chi connectivity index (χ0) is 19.3. The van der Waals surface area contributed by atoms with Crippen molar-refractivity contribution in [2.75, 3.05) is 0 Å². The number of imide groups is 1. The van der Waals surface area contributed by atoms with E-state index >= 15 is 0 Å². The summed E-state index contributed by atoms with van der Waals surface area (Å²) < 4.78 is 16.1. The van der Waals surface area contributed by atoms with E-state index in [0.717, 1.165) is 11.1 Å². The third-order valence-electron chi connectivity index (χ3n) is 5.48. The number of benzene rings is 2. The maximum absolute atomic E-state index is 14.5. The van der Waals surface area contributed by atoms with Crippen LogP contribution in [-0.2, 0) is 24.2 Å². The molecule has 1 fully saturated rings. The lowest BCUT2D eigenvalue weighted by Gasteiger charge is -2.20. The number of imidazole rings is 1. The van der Waals surface area contributed by atoms with Crippen molar-refractivity contribution in [2.24, 2.45) is 0 Å². The van der Waals surface area contributed by atoms with E-state index in [1.54, 1.807) is 29.1 Å².